The second kappa shape index (κ2) is 7.44. The number of hydrogen-bond donors (Lipinski definition) is 2. The summed E-state index contributed by atoms with van der Waals surface area (Å²) in [5.41, 5.74) is -4.15. The highest BCUT2D eigenvalue weighted by Crippen LogP contribution is 2.72. The molecule has 5 aliphatic rings. The molecule has 36 heavy (non-hydrogen) atoms. The van der Waals surface area contributed by atoms with E-state index in [9.17, 15) is 19.8 Å². The Hall–Kier alpha value is -2.19. The minimum absolute atomic E-state index is 0.0220. The zero-order valence-electron chi connectivity index (χ0n) is 20.9. The van der Waals surface area contributed by atoms with Gasteiger partial charge in [0.15, 0.2) is 28.6 Å². The molecule has 1 aliphatic heterocycles. The van der Waals surface area contributed by atoms with Gasteiger partial charge in [0, 0.05) is 22.3 Å². The van der Waals surface area contributed by atoms with E-state index in [4.69, 9.17) is 9.47 Å². The van der Waals surface area contributed by atoms with Gasteiger partial charge in [-0.15, -0.1) is 0 Å². The van der Waals surface area contributed by atoms with Crippen LogP contribution in [0.15, 0.2) is 54.1 Å². The van der Waals surface area contributed by atoms with E-state index in [1.807, 2.05) is 37.3 Å². The van der Waals surface area contributed by atoms with Crippen LogP contribution in [0.25, 0.3) is 0 Å². The first-order valence-corrected chi connectivity index (χ1v) is 12.9. The third-order valence-electron chi connectivity index (χ3n) is 10.4. The predicted octanol–water partition coefficient (Wildman–Crippen LogP) is 3.56. The molecular formula is C29H33FO6. The summed E-state index contributed by atoms with van der Waals surface area (Å²) >= 11 is 0. The highest BCUT2D eigenvalue weighted by Gasteiger charge is 2.80. The van der Waals surface area contributed by atoms with Crippen LogP contribution in [-0.4, -0.2) is 51.9 Å². The number of Topliss-reactive ketones (excluding diaryl/α,β-unsaturated/α-hetero) is 1. The fraction of sp³-hybridized carbons (Fsp3) is 0.586. The number of ether oxygens (including phenoxy) is 2. The Kier molecular flexibility index (Phi) is 4.99. The number of alkyl halides is 1. The zero-order valence-corrected chi connectivity index (χ0v) is 20.9. The number of benzene rings is 1. The van der Waals surface area contributed by atoms with Crippen molar-refractivity contribution in [3.05, 3.63) is 59.7 Å². The van der Waals surface area contributed by atoms with Crippen molar-refractivity contribution in [3.63, 3.8) is 0 Å². The Morgan fingerprint density at radius 2 is 1.89 bits per heavy atom. The molecule has 9 atom stereocenters. The third kappa shape index (κ3) is 2.65. The maximum absolute atomic E-state index is 17.4. The van der Waals surface area contributed by atoms with E-state index in [1.165, 1.54) is 12.2 Å². The molecule has 6 nitrogen and oxygen atoms in total. The molecule has 0 spiro atoms. The molecule has 1 heterocycles. The average Bonchev–Trinajstić information content (AvgIpc) is 3.29. The number of hydrogen-bond acceptors (Lipinski definition) is 6. The first-order valence-electron chi connectivity index (χ1n) is 12.9. The predicted molar refractivity (Wildman–Crippen MR) is 128 cm³/mol. The lowest BCUT2D eigenvalue weighted by Crippen LogP contribution is -2.70. The van der Waals surface area contributed by atoms with E-state index >= 15 is 4.39 Å². The van der Waals surface area contributed by atoms with Gasteiger partial charge in [0.25, 0.3) is 0 Å². The van der Waals surface area contributed by atoms with Gasteiger partial charge in [0.05, 0.1) is 12.2 Å². The maximum Gasteiger partial charge on any atom is 0.193 e. The molecule has 7 heteroatoms. The lowest BCUT2D eigenvalue weighted by Gasteiger charge is -2.62. The molecule has 2 N–H and O–H groups in total. The molecule has 4 aliphatic carbocycles. The zero-order chi connectivity index (χ0) is 25.7. The summed E-state index contributed by atoms with van der Waals surface area (Å²) in [5.74, 6) is -2.78. The van der Waals surface area contributed by atoms with E-state index in [2.05, 4.69) is 0 Å². The number of allylic oxidation sites excluding steroid dienone is 4. The van der Waals surface area contributed by atoms with Gasteiger partial charge < -0.3 is 19.7 Å². The van der Waals surface area contributed by atoms with Gasteiger partial charge in [-0.2, -0.15) is 0 Å². The van der Waals surface area contributed by atoms with Crippen molar-refractivity contribution < 1.29 is 33.7 Å². The molecule has 1 aromatic carbocycles. The van der Waals surface area contributed by atoms with Crippen molar-refractivity contribution in [2.24, 2.45) is 22.7 Å². The Morgan fingerprint density at radius 1 is 1.17 bits per heavy atom. The van der Waals surface area contributed by atoms with Gasteiger partial charge >= 0.3 is 0 Å². The molecule has 6 rings (SSSR count). The number of rotatable bonds is 3. The molecule has 1 saturated heterocycles. The number of carbonyl (C=O) groups is 2. The third-order valence-corrected chi connectivity index (χ3v) is 10.4. The normalized spacial score (nSPS) is 49.1. The van der Waals surface area contributed by atoms with Crippen LogP contribution in [0.1, 0.15) is 52.0 Å². The molecule has 0 radical (unpaired) electrons. The Bertz CT molecular complexity index is 1200. The Morgan fingerprint density at radius 3 is 2.58 bits per heavy atom. The van der Waals surface area contributed by atoms with E-state index in [1.54, 1.807) is 19.9 Å². The summed E-state index contributed by atoms with van der Waals surface area (Å²) in [7, 11) is 0. The number of ketones is 2. The fourth-order valence-electron chi connectivity index (χ4n) is 8.64. The van der Waals surface area contributed by atoms with Crippen LogP contribution in [-0.2, 0) is 24.8 Å². The van der Waals surface area contributed by atoms with Crippen LogP contribution in [0.2, 0.25) is 0 Å². The number of fused-ring (bicyclic) bond motifs is 7. The Balaban J connectivity index is 1.46. The summed E-state index contributed by atoms with van der Waals surface area (Å²) in [6.45, 7) is 4.70. The quantitative estimate of drug-likeness (QED) is 0.665. The maximum atomic E-state index is 17.4. The number of carbonyl (C=O) groups excluding carboxylic acids is 2. The van der Waals surface area contributed by atoms with Crippen molar-refractivity contribution in [2.45, 2.75) is 75.7 Å². The smallest absolute Gasteiger partial charge is 0.193 e. The molecule has 192 valence electrons. The Labute approximate surface area is 210 Å². The van der Waals surface area contributed by atoms with E-state index in [0.29, 0.717) is 24.8 Å². The van der Waals surface area contributed by atoms with Crippen molar-refractivity contribution in [2.75, 3.05) is 6.61 Å². The van der Waals surface area contributed by atoms with E-state index in [-0.39, 0.29) is 18.1 Å². The molecule has 3 unspecified atom stereocenters. The summed E-state index contributed by atoms with van der Waals surface area (Å²) < 4.78 is 30.5. The standard InChI is InChI=1S/C29H33FO6/c1-25-12-11-19(32)13-18(25)9-10-20-21-14-24-29(23(34)16-31,26(21,2)15-22(33)28(20,25)30)36-27(3,35-24)17-7-5-4-6-8-17/h4-8,11-13,20-22,24,31,33H,9-10,14-16H2,1-3H3/t20?,21-,22-,24+,25?,26?,27+,28-,29-/m1/s1. The number of aliphatic hydroxyl groups is 2. The van der Waals surface area contributed by atoms with Crippen molar-refractivity contribution in [1.29, 1.82) is 0 Å². The van der Waals surface area contributed by atoms with Gasteiger partial charge in [-0.25, -0.2) is 4.39 Å². The summed E-state index contributed by atoms with van der Waals surface area (Å²) in [6, 6.07) is 9.35. The largest absolute Gasteiger partial charge is 0.390 e. The number of aliphatic hydroxyl groups excluding tert-OH is 2. The molecule has 1 aromatic rings. The van der Waals surface area contributed by atoms with Gasteiger partial charge in [0.2, 0.25) is 0 Å². The summed E-state index contributed by atoms with van der Waals surface area (Å²) in [6.07, 6.45) is 3.77. The topological polar surface area (TPSA) is 93.1 Å². The van der Waals surface area contributed by atoms with Gasteiger partial charge in [0.1, 0.15) is 6.61 Å². The van der Waals surface area contributed by atoms with Gasteiger partial charge in [-0.3, -0.25) is 9.59 Å². The lowest BCUT2D eigenvalue weighted by atomic mass is 9.44. The molecule has 0 aromatic heterocycles. The van der Waals surface area contributed by atoms with Crippen molar-refractivity contribution in [3.8, 4) is 0 Å². The second-order valence-corrected chi connectivity index (χ2v) is 11.8. The van der Waals surface area contributed by atoms with Crippen LogP contribution in [0.4, 0.5) is 4.39 Å². The second-order valence-electron chi connectivity index (χ2n) is 11.8. The molecule has 0 amide bonds. The van der Waals surface area contributed by atoms with Crippen LogP contribution >= 0.6 is 0 Å². The first-order chi connectivity index (χ1) is 17.0. The van der Waals surface area contributed by atoms with Crippen molar-refractivity contribution >= 4 is 11.6 Å². The minimum atomic E-state index is -2.01. The molecule has 0 bridgehead atoms. The van der Waals surface area contributed by atoms with E-state index in [0.717, 1.165) is 5.56 Å². The van der Waals surface area contributed by atoms with Crippen LogP contribution in [0.3, 0.4) is 0 Å². The monoisotopic (exact) mass is 496 g/mol. The highest BCUT2D eigenvalue weighted by molar-refractivity contribution is 6.01. The highest BCUT2D eigenvalue weighted by atomic mass is 19.1. The lowest BCUT2D eigenvalue weighted by molar-refractivity contribution is -0.254. The minimum Gasteiger partial charge on any atom is -0.390 e. The summed E-state index contributed by atoms with van der Waals surface area (Å²) in [4.78, 5) is 25.6. The van der Waals surface area contributed by atoms with Crippen LogP contribution in [0, 0.1) is 22.7 Å². The molecule has 3 saturated carbocycles. The SMILES string of the molecule is CC12C[C@@H](O)[C@]3(F)C(CCC4=CC(=O)C=CC43C)[C@H]1C[C@@H]1O[C@](C)(c3ccccc3)O[C@]12C(=O)CO. The number of halogens is 1. The van der Waals surface area contributed by atoms with E-state index < -0.39 is 58.4 Å². The van der Waals surface area contributed by atoms with Gasteiger partial charge in [-0.05, 0) is 57.6 Å². The van der Waals surface area contributed by atoms with Gasteiger partial charge in [-0.1, -0.05) is 48.9 Å². The molecule has 4 fully saturated rings. The average molecular weight is 497 g/mol. The first kappa shape index (κ1) is 24.2. The van der Waals surface area contributed by atoms with Crippen LogP contribution in [0.5, 0.6) is 0 Å². The van der Waals surface area contributed by atoms with Crippen molar-refractivity contribution in [1.82, 2.24) is 0 Å². The fourth-order valence-corrected chi connectivity index (χ4v) is 8.64. The van der Waals surface area contributed by atoms with Crippen LogP contribution < -0.4 is 0 Å². The summed E-state index contributed by atoms with van der Waals surface area (Å²) in [5, 5.41) is 21.7. The molecular weight excluding hydrogens is 463 g/mol.